The third-order valence-electron chi connectivity index (χ3n) is 5.98. The van der Waals surface area contributed by atoms with Crippen LogP contribution in [0.25, 0.3) is 10.9 Å². The van der Waals surface area contributed by atoms with Gasteiger partial charge in [0.1, 0.15) is 23.1 Å². The molecule has 2 N–H and O–H groups in total. The molecule has 1 atom stereocenters. The van der Waals surface area contributed by atoms with E-state index in [1.807, 2.05) is 12.1 Å². The van der Waals surface area contributed by atoms with Gasteiger partial charge in [-0.2, -0.15) is 5.26 Å². The van der Waals surface area contributed by atoms with E-state index in [9.17, 15) is 10.1 Å². The van der Waals surface area contributed by atoms with Gasteiger partial charge in [-0.1, -0.05) is 18.2 Å². The summed E-state index contributed by atoms with van der Waals surface area (Å²) in [6.45, 7) is 0. The topological polar surface area (TPSA) is 117 Å². The van der Waals surface area contributed by atoms with Crippen LogP contribution in [0.3, 0.4) is 0 Å². The van der Waals surface area contributed by atoms with Gasteiger partial charge in [0.15, 0.2) is 11.5 Å². The molecule has 1 aliphatic rings. The van der Waals surface area contributed by atoms with E-state index in [0.29, 0.717) is 28.4 Å². The van der Waals surface area contributed by atoms with Gasteiger partial charge in [-0.15, -0.1) is 0 Å². The third-order valence-corrected chi connectivity index (χ3v) is 5.98. The molecular formula is C28H21N3O5. The quantitative estimate of drug-likeness (QED) is 0.324. The molecule has 178 valence electrons. The van der Waals surface area contributed by atoms with Crippen LogP contribution < -0.4 is 24.7 Å². The summed E-state index contributed by atoms with van der Waals surface area (Å²) in [5.41, 5.74) is 9.03. The van der Waals surface area contributed by atoms with Gasteiger partial charge in [0.05, 0.1) is 31.2 Å². The Kier molecular flexibility index (Phi) is 5.88. The molecule has 1 aromatic heterocycles. The number of esters is 1. The van der Waals surface area contributed by atoms with Gasteiger partial charge in [-0.05, 0) is 48.0 Å². The molecule has 0 spiro atoms. The van der Waals surface area contributed by atoms with E-state index in [-0.39, 0.29) is 17.2 Å². The summed E-state index contributed by atoms with van der Waals surface area (Å²) in [6, 6.07) is 21.4. The molecule has 2 heterocycles. The van der Waals surface area contributed by atoms with E-state index in [1.54, 1.807) is 75.0 Å². The first kappa shape index (κ1) is 22.7. The molecule has 0 amide bonds. The molecule has 0 radical (unpaired) electrons. The second-order valence-corrected chi connectivity index (χ2v) is 8.04. The second-order valence-electron chi connectivity index (χ2n) is 8.04. The number of allylic oxidation sites excluding steroid dienone is 1. The van der Waals surface area contributed by atoms with Crippen molar-refractivity contribution < 1.29 is 23.7 Å². The van der Waals surface area contributed by atoms with Crippen molar-refractivity contribution in [3.63, 3.8) is 0 Å². The summed E-state index contributed by atoms with van der Waals surface area (Å²) in [5.74, 6) is 0.718. The number of carbonyl (C=O) groups excluding carboxylic acids is 1. The van der Waals surface area contributed by atoms with Crippen LogP contribution in [0.2, 0.25) is 0 Å². The molecule has 0 aliphatic carbocycles. The monoisotopic (exact) mass is 479 g/mol. The zero-order valence-electron chi connectivity index (χ0n) is 19.5. The van der Waals surface area contributed by atoms with Crippen molar-refractivity contribution in [2.45, 2.75) is 5.92 Å². The van der Waals surface area contributed by atoms with E-state index in [2.05, 4.69) is 11.1 Å². The number of fused-ring (bicyclic) bond motifs is 2. The fourth-order valence-electron chi connectivity index (χ4n) is 4.24. The third kappa shape index (κ3) is 4.03. The minimum atomic E-state index is -0.519. The second kappa shape index (κ2) is 9.31. The number of rotatable bonds is 5. The molecule has 0 saturated heterocycles. The number of nitrogens with two attached hydrogens (primary N) is 1. The number of carbonyl (C=O) groups is 1. The van der Waals surface area contributed by atoms with Gasteiger partial charge < -0.3 is 24.7 Å². The number of methoxy groups -OCH3 is 2. The van der Waals surface area contributed by atoms with Gasteiger partial charge in [0.25, 0.3) is 0 Å². The standard InChI is InChI=1S/C28H21N3O5/c1-33-23-10-6-17(13-25(23)34-2)26-20-8-7-19(14-24(20)36-27(30)21(26)15-29)35-28(32)18-5-9-22-16(12-18)4-3-11-31-22/h3-14,26H,30H2,1-2H3. The van der Waals surface area contributed by atoms with Crippen molar-refractivity contribution >= 4 is 16.9 Å². The van der Waals surface area contributed by atoms with Crippen LogP contribution in [0.4, 0.5) is 0 Å². The maximum absolute atomic E-state index is 12.8. The largest absolute Gasteiger partial charge is 0.493 e. The minimum Gasteiger partial charge on any atom is -0.493 e. The zero-order chi connectivity index (χ0) is 25.2. The Morgan fingerprint density at radius 1 is 1.03 bits per heavy atom. The fraction of sp³-hybridized carbons (Fsp3) is 0.107. The Labute approximate surface area is 207 Å². The van der Waals surface area contributed by atoms with Crippen molar-refractivity contribution in [3.05, 3.63) is 101 Å². The molecule has 36 heavy (non-hydrogen) atoms. The lowest BCUT2D eigenvalue weighted by Gasteiger charge is -2.27. The van der Waals surface area contributed by atoms with Crippen LogP contribution in [0.15, 0.2) is 84.4 Å². The highest BCUT2D eigenvalue weighted by atomic mass is 16.5. The first-order valence-corrected chi connectivity index (χ1v) is 11.0. The summed E-state index contributed by atoms with van der Waals surface area (Å²) in [6.07, 6.45) is 1.70. The van der Waals surface area contributed by atoms with Crippen LogP contribution in [0.1, 0.15) is 27.4 Å². The first-order chi connectivity index (χ1) is 17.5. The Balaban J connectivity index is 1.48. The van der Waals surface area contributed by atoms with E-state index < -0.39 is 11.9 Å². The van der Waals surface area contributed by atoms with Crippen molar-refractivity contribution in [3.8, 4) is 29.1 Å². The predicted molar refractivity (Wildman–Crippen MR) is 132 cm³/mol. The van der Waals surface area contributed by atoms with E-state index >= 15 is 0 Å². The lowest BCUT2D eigenvalue weighted by atomic mass is 9.83. The molecule has 0 bridgehead atoms. The highest BCUT2D eigenvalue weighted by Crippen LogP contribution is 2.45. The molecule has 8 nitrogen and oxygen atoms in total. The summed E-state index contributed by atoms with van der Waals surface area (Å²) in [5, 5.41) is 10.7. The molecule has 1 aliphatic heterocycles. The predicted octanol–water partition coefficient (Wildman–Crippen LogP) is 4.69. The fourth-order valence-corrected chi connectivity index (χ4v) is 4.24. The minimum absolute atomic E-state index is 0.0182. The smallest absolute Gasteiger partial charge is 0.343 e. The molecule has 4 aromatic rings. The number of benzene rings is 3. The maximum Gasteiger partial charge on any atom is 0.343 e. The van der Waals surface area contributed by atoms with Gasteiger partial charge in [-0.25, -0.2) is 4.79 Å². The van der Waals surface area contributed by atoms with Gasteiger partial charge in [-0.3, -0.25) is 4.98 Å². The number of nitrogens with zero attached hydrogens (tertiary/aromatic N) is 2. The summed E-state index contributed by atoms with van der Waals surface area (Å²) >= 11 is 0. The number of hydrogen-bond donors (Lipinski definition) is 1. The van der Waals surface area contributed by atoms with Gasteiger partial charge in [0.2, 0.25) is 5.88 Å². The molecular weight excluding hydrogens is 458 g/mol. The Morgan fingerprint density at radius 2 is 1.86 bits per heavy atom. The van der Waals surface area contributed by atoms with E-state index in [1.165, 1.54) is 0 Å². The first-order valence-electron chi connectivity index (χ1n) is 11.0. The van der Waals surface area contributed by atoms with Crippen LogP contribution in [0, 0.1) is 11.3 Å². The Morgan fingerprint density at radius 3 is 2.64 bits per heavy atom. The molecule has 3 aromatic carbocycles. The van der Waals surface area contributed by atoms with Gasteiger partial charge in [0, 0.05) is 23.2 Å². The number of ether oxygens (including phenoxy) is 4. The molecule has 0 fully saturated rings. The number of pyridine rings is 1. The van der Waals surface area contributed by atoms with E-state index in [0.717, 1.165) is 16.5 Å². The van der Waals surface area contributed by atoms with Crippen LogP contribution in [-0.4, -0.2) is 25.2 Å². The van der Waals surface area contributed by atoms with E-state index in [4.69, 9.17) is 24.7 Å². The van der Waals surface area contributed by atoms with Crippen molar-refractivity contribution in [1.29, 1.82) is 5.26 Å². The summed E-state index contributed by atoms with van der Waals surface area (Å²) in [4.78, 5) is 17.1. The zero-order valence-corrected chi connectivity index (χ0v) is 19.5. The maximum atomic E-state index is 12.8. The highest BCUT2D eigenvalue weighted by Gasteiger charge is 2.31. The molecule has 0 saturated carbocycles. The average Bonchev–Trinajstić information content (AvgIpc) is 2.91. The van der Waals surface area contributed by atoms with Crippen molar-refractivity contribution in [2.75, 3.05) is 14.2 Å². The van der Waals surface area contributed by atoms with Crippen molar-refractivity contribution in [2.24, 2.45) is 5.73 Å². The summed E-state index contributed by atoms with van der Waals surface area (Å²) < 4.78 is 22.1. The highest BCUT2D eigenvalue weighted by molar-refractivity contribution is 5.95. The lowest BCUT2D eigenvalue weighted by Crippen LogP contribution is -2.21. The van der Waals surface area contributed by atoms with Crippen LogP contribution in [0.5, 0.6) is 23.0 Å². The lowest BCUT2D eigenvalue weighted by molar-refractivity contribution is 0.0734. The average molecular weight is 479 g/mol. The SMILES string of the molecule is COc1ccc(C2C(C#N)=C(N)Oc3cc(OC(=O)c4ccc5ncccc5c4)ccc32)cc1OC. The molecule has 1 unspecified atom stereocenters. The molecule has 8 heteroatoms. The number of aromatic nitrogens is 1. The number of nitriles is 1. The normalized spacial score (nSPS) is 14.4. The van der Waals surface area contributed by atoms with Crippen LogP contribution in [-0.2, 0) is 0 Å². The molecule has 5 rings (SSSR count). The Bertz CT molecular complexity index is 1570. The van der Waals surface area contributed by atoms with Crippen molar-refractivity contribution in [1.82, 2.24) is 4.98 Å². The number of hydrogen-bond acceptors (Lipinski definition) is 8. The Hall–Kier alpha value is -5.03. The summed E-state index contributed by atoms with van der Waals surface area (Å²) in [7, 11) is 3.10. The van der Waals surface area contributed by atoms with Gasteiger partial charge >= 0.3 is 5.97 Å². The van der Waals surface area contributed by atoms with Crippen LogP contribution >= 0.6 is 0 Å².